The second-order valence-electron chi connectivity index (χ2n) is 5.10. The number of nitrogens with zero attached hydrogens (tertiary/aromatic N) is 2. The molecule has 1 fully saturated rings. The summed E-state index contributed by atoms with van der Waals surface area (Å²) in [4.78, 5) is 0. The minimum absolute atomic E-state index is 0.111. The third kappa shape index (κ3) is 3.37. The van der Waals surface area contributed by atoms with Gasteiger partial charge in [-0.25, -0.2) is 8.42 Å². The molecule has 0 aromatic heterocycles. The van der Waals surface area contributed by atoms with Gasteiger partial charge in [0.25, 0.3) is 0 Å². The largest absolute Gasteiger partial charge is 0.373 e. The molecule has 108 valence electrons. The SMILES string of the molecule is C[C@@H]1CN(S(=O)(=O)Cc2ccccc2C#N)C[C@H](C)O1. The molecule has 0 unspecified atom stereocenters. The molecule has 0 aliphatic carbocycles. The van der Waals surface area contributed by atoms with Crippen LogP contribution in [0.15, 0.2) is 24.3 Å². The van der Waals surface area contributed by atoms with Gasteiger partial charge in [-0.3, -0.25) is 0 Å². The molecule has 1 aliphatic rings. The molecule has 2 atom stereocenters. The number of benzene rings is 1. The van der Waals surface area contributed by atoms with Gasteiger partial charge in [-0.15, -0.1) is 0 Å². The van der Waals surface area contributed by atoms with Crippen LogP contribution in [0.25, 0.3) is 0 Å². The average Bonchev–Trinajstić information content (AvgIpc) is 2.38. The van der Waals surface area contributed by atoms with E-state index in [2.05, 4.69) is 0 Å². The van der Waals surface area contributed by atoms with Crippen LogP contribution in [-0.2, 0) is 20.5 Å². The highest BCUT2D eigenvalue weighted by molar-refractivity contribution is 7.88. The van der Waals surface area contributed by atoms with E-state index in [9.17, 15) is 8.42 Å². The first-order valence-corrected chi connectivity index (χ1v) is 8.14. The van der Waals surface area contributed by atoms with Crippen LogP contribution in [0.1, 0.15) is 25.0 Å². The maximum atomic E-state index is 12.5. The van der Waals surface area contributed by atoms with Crippen molar-refractivity contribution in [3.05, 3.63) is 35.4 Å². The molecule has 1 aromatic carbocycles. The second-order valence-corrected chi connectivity index (χ2v) is 7.07. The van der Waals surface area contributed by atoms with E-state index in [1.807, 2.05) is 19.9 Å². The van der Waals surface area contributed by atoms with Crippen LogP contribution in [0.3, 0.4) is 0 Å². The van der Waals surface area contributed by atoms with E-state index in [1.54, 1.807) is 24.3 Å². The molecule has 0 spiro atoms. The van der Waals surface area contributed by atoms with Crippen molar-refractivity contribution in [3.63, 3.8) is 0 Å². The van der Waals surface area contributed by atoms with Crippen LogP contribution in [0.2, 0.25) is 0 Å². The van der Waals surface area contributed by atoms with Crippen molar-refractivity contribution in [3.8, 4) is 6.07 Å². The Kier molecular flexibility index (Phi) is 4.43. The molecule has 1 saturated heterocycles. The fourth-order valence-electron chi connectivity index (χ4n) is 2.40. The Hall–Kier alpha value is -1.42. The van der Waals surface area contributed by atoms with Gasteiger partial charge in [0, 0.05) is 13.1 Å². The molecule has 0 N–H and O–H groups in total. The van der Waals surface area contributed by atoms with E-state index in [-0.39, 0.29) is 18.0 Å². The minimum atomic E-state index is -3.43. The molecule has 0 saturated carbocycles. The van der Waals surface area contributed by atoms with Gasteiger partial charge in [-0.05, 0) is 25.5 Å². The average molecular weight is 294 g/mol. The van der Waals surface area contributed by atoms with E-state index in [1.165, 1.54) is 4.31 Å². The van der Waals surface area contributed by atoms with Crippen molar-refractivity contribution < 1.29 is 13.2 Å². The molecular weight excluding hydrogens is 276 g/mol. The van der Waals surface area contributed by atoms with Crippen LogP contribution in [-0.4, -0.2) is 38.0 Å². The summed E-state index contributed by atoms with van der Waals surface area (Å²) in [6.07, 6.45) is -0.223. The quantitative estimate of drug-likeness (QED) is 0.847. The lowest BCUT2D eigenvalue weighted by Crippen LogP contribution is -2.48. The molecule has 20 heavy (non-hydrogen) atoms. The summed E-state index contributed by atoms with van der Waals surface area (Å²) in [6.45, 7) is 4.45. The first kappa shape index (κ1) is 15.0. The van der Waals surface area contributed by atoms with Crippen molar-refractivity contribution >= 4 is 10.0 Å². The Morgan fingerprint density at radius 3 is 2.50 bits per heavy atom. The molecule has 1 heterocycles. The van der Waals surface area contributed by atoms with E-state index < -0.39 is 10.0 Å². The number of hydrogen-bond acceptors (Lipinski definition) is 4. The molecule has 1 aliphatic heterocycles. The molecule has 0 bridgehead atoms. The lowest BCUT2D eigenvalue weighted by Gasteiger charge is -2.34. The Morgan fingerprint density at radius 1 is 1.30 bits per heavy atom. The zero-order valence-corrected chi connectivity index (χ0v) is 12.4. The topological polar surface area (TPSA) is 70.4 Å². The van der Waals surface area contributed by atoms with Crippen molar-refractivity contribution in [1.29, 1.82) is 5.26 Å². The van der Waals surface area contributed by atoms with Crippen LogP contribution < -0.4 is 0 Å². The highest BCUT2D eigenvalue weighted by atomic mass is 32.2. The third-order valence-corrected chi connectivity index (χ3v) is 5.02. The Bertz CT molecular complexity index is 612. The highest BCUT2D eigenvalue weighted by Gasteiger charge is 2.31. The van der Waals surface area contributed by atoms with Crippen LogP contribution in [0, 0.1) is 11.3 Å². The number of sulfonamides is 1. The van der Waals surface area contributed by atoms with Crippen LogP contribution in [0.4, 0.5) is 0 Å². The van der Waals surface area contributed by atoms with E-state index in [0.717, 1.165) is 0 Å². The molecular formula is C14H18N2O3S. The maximum Gasteiger partial charge on any atom is 0.218 e. The summed E-state index contributed by atoms with van der Waals surface area (Å²) in [5, 5.41) is 9.03. The van der Waals surface area contributed by atoms with Gasteiger partial charge >= 0.3 is 0 Å². The Morgan fingerprint density at radius 2 is 1.90 bits per heavy atom. The van der Waals surface area contributed by atoms with Crippen molar-refractivity contribution in [2.45, 2.75) is 31.8 Å². The van der Waals surface area contributed by atoms with Gasteiger partial charge in [0.15, 0.2) is 0 Å². The van der Waals surface area contributed by atoms with Crippen molar-refractivity contribution in [2.24, 2.45) is 0 Å². The molecule has 6 heteroatoms. The van der Waals surface area contributed by atoms with Gasteiger partial charge in [0.2, 0.25) is 10.0 Å². The van der Waals surface area contributed by atoms with Gasteiger partial charge in [0.1, 0.15) is 0 Å². The standard InChI is InChI=1S/C14H18N2O3S/c1-11-8-16(9-12(2)19-11)20(17,18)10-14-6-4-3-5-13(14)7-15/h3-6,11-12H,8-10H2,1-2H3/t11-,12+. The predicted molar refractivity (Wildman–Crippen MR) is 75.4 cm³/mol. The smallest absolute Gasteiger partial charge is 0.218 e. The highest BCUT2D eigenvalue weighted by Crippen LogP contribution is 2.19. The first-order chi connectivity index (χ1) is 9.42. The second kappa shape index (κ2) is 5.92. The number of morpholine rings is 1. The zero-order valence-electron chi connectivity index (χ0n) is 11.6. The summed E-state index contributed by atoms with van der Waals surface area (Å²) in [7, 11) is -3.43. The van der Waals surface area contributed by atoms with E-state index in [4.69, 9.17) is 10.00 Å². The zero-order chi connectivity index (χ0) is 14.8. The Labute approximate surface area is 119 Å². The van der Waals surface area contributed by atoms with Gasteiger partial charge < -0.3 is 4.74 Å². The lowest BCUT2D eigenvalue weighted by molar-refractivity contribution is -0.0441. The third-order valence-electron chi connectivity index (χ3n) is 3.26. The predicted octanol–water partition coefficient (Wildman–Crippen LogP) is 1.50. The maximum absolute atomic E-state index is 12.5. The summed E-state index contributed by atoms with van der Waals surface area (Å²) in [5.41, 5.74) is 0.951. The summed E-state index contributed by atoms with van der Waals surface area (Å²) >= 11 is 0. The van der Waals surface area contributed by atoms with Gasteiger partial charge in [-0.1, -0.05) is 18.2 Å². The molecule has 1 aromatic rings. The molecule has 0 amide bonds. The summed E-state index contributed by atoms with van der Waals surface area (Å²) in [6, 6.07) is 8.83. The monoisotopic (exact) mass is 294 g/mol. The van der Waals surface area contributed by atoms with Crippen LogP contribution in [0.5, 0.6) is 0 Å². The summed E-state index contributed by atoms with van der Waals surface area (Å²) < 4.78 is 32.0. The van der Waals surface area contributed by atoms with Crippen molar-refractivity contribution in [1.82, 2.24) is 4.31 Å². The molecule has 2 rings (SSSR count). The fourth-order valence-corrected chi connectivity index (χ4v) is 4.10. The van der Waals surface area contributed by atoms with E-state index >= 15 is 0 Å². The Balaban J connectivity index is 2.21. The number of ether oxygens (including phenoxy) is 1. The number of rotatable bonds is 3. The van der Waals surface area contributed by atoms with Crippen molar-refractivity contribution in [2.75, 3.05) is 13.1 Å². The first-order valence-electron chi connectivity index (χ1n) is 6.53. The van der Waals surface area contributed by atoms with Gasteiger partial charge in [0.05, 0.1) is 29.6 Å². The molecule has 5 nitrogen and oxygen atoms in total. The normalized spacial score (nSPS) is 24.2. The number of hydrogen-bond donors (Lipinski definition) is 0. The van der Waals surface area contributed by atoms with Gasteiger partial charge in [-0.2, -0.15) is 9.57 Å². The molecule has 0 radical (unpaired) electrons. The van der Waals surface area contributed by atoms with Crippen LogP contribution >= 0.6 is 0 Å². The number of nitriles is 1. The van der Waals surface area contributed by atoms with E-state index in [0.29, 0.717) is 24.2 Å². The summed E-state index contributed by atoms with van der Waals surface area (Å²) in [5.74, 6) is -0.143. The fraction of sp³-hybridized carbons (Fsp3) is 0.500. The minimum Gasteiger partial charge on any atom is -0.373 e. The lowest BCUT2D eigenvalue weighted by atomic mass is 10.1.